The summed E-state index contributed by atoms with van der Waals surface area (Å²) in [6.07, 6.45) is 3.01. The molecule has 0 atom stereocenters. The summed E-state index contributed by atoms with van der Waals surface area (Å²) in [4.78, 5) is 7.88. The van der Waals surface area contributed by atoms with E-state index in [9.17, 15) is 8.42 Å². The Morgan fingerprint density at radius 1 is 1.00 bits per heavy atom. The van der Waals surface area contributed by atoms with Crippen molar-refractivity contribution in [1.29, 1.82) is 0 Å². The molecule has 0 fully saturated rings. The van der Waals surface area contributed by atoms with Gasteiger partial charge in [-0.3, -0.25) is 0 Å². The zero-order valence-corrected chi connectivity index (χ0v) is 14.7. The number of aromatic amines is 1. The largest absolute Gasteiger partial charge is 0.358 e. The molecule has 0 spiro atoms. The number of imidazole rings is 1. The Labute approximate surface area is 146 Å². The second-order valence-electron chi connectivity index (χ2n) is 6.04. The Morgan fingerprint density at radius 2 is 1.72 bits per heavy atom. The van der Waals surface area contributed by atoms with E-state index in [0.717, 1.165) is 27.7 Å². The number of fused-ring (bicyclic) bond motifs is 1. The maximum absolute atomic E-state index is 13.1. The SMILES string of the molecule is Cc1ccc(S(=O)(=O)n2ccnc2-c2c(C)[nH]c3ccccc23)cc1. The summed E-state index contributed by atoms with van der Waals surface area (Å²) in [6.45, 7) is 3.85. The molecule has 0 saturated carbocycles. The van der Waals surface area contributed by atoms with Crippen LogP contribution in [0.3, 0.4) is 0 Å². The van der Waals surface area contributed by atoms with Crippen LogP contribution < -0.4 is 0 Å². The first-order valence-corrected chi connectivity index (χ1v) is 9.36. The number of hydrogen-bond acceptors (Lipinski definition) is 3. The summed E-state index contributed by atoms with van der Waals surface area (Å²) < 4.78 is 27.4. The minimum absolute atomic E-state index is 0.245. The lowest BCUT2D eigenvalue weighted by Gasteiger charge is -2.10. The van der Waals surface area contributed by atoms with Crippen LogP contribution in [0.5, 0.6) is 0 Å². The third kappa shape index (κ3) is 2.46. The van der Waals surface area contributed by atoms with Crippen LogP contribution in [0.15, 0.2) is 65.8 Å². The van der Waals surface area contributed by atoms with Crippen molar-refractivity contribution in [2.75, 3.05) is 0 Å². The zero-order chi connectivity index (χ0) is 17.6. The van der Waals surface area contributed by atoms with Crippen LogP contribution >= 0.6 is 0 Å². The minimum atomic E-state index is -3.71. The summed E-state index contributed by atoms with van der Waals surface area (Å²) in [5, 5.41) is 0.951. The van der Waals surface area contributed by atoms with Gasteiger partial charge in [-0.25, -0.2) is 17.4 Å². The van der Waals surface area contributed by atoms with Gasteiger partial charge in [0.25, 0.3) is 10.0 Å². The molecule has 1 N–H and O–H groups in total. The zero-order valence-electron chi connectivity index (χ0n) is 13.9. The molecular formula is C19H17N3O2S. The summed E-state index contributed by atoms with van der Waals surface area (Å²) in [5.74, 6) is 0.413. The van der Waals surface area contributed by atoms with Crippen LogP contribution in [0, 0.1) is 13.8 Å². The van der Waals surface area contributed by atoms with Gasteiger partial charge in [0.2, 0.25) is 0 Å². The fraction of sp³-hybridized carbons (Fsp3) is 0.105. The van der Waals surface area contributed by atoms with Gasteiger partial charge >= 0.3 is 0 Å². The normalized spacial score (nSPS) is 11.9. The molecule has 5 nitrogen and oxygen atoms in total. The lowest BCUT2D eigenvalue weighted by Crippen LogP contribution is -2.13. The Morgan fingerprint density at radius 3 is 2.48 bits per heavy atom. The number of nitrogens with one attached hydrogen (secondary N) is 1. The molecule has 4 rings (SSSR count). The van der Waals surface area contributed by atoms with Crippen LogP contribution in [0.25, 0.3) is 22.3 Å². The van der Waals surface area contributed by atoms with Gasteiger partial charge in [-0.1, -0.05) is 35.9 Å². The molecular weight excluding hydrogens is 334 g/mol. The third-order valence-corrected chi connectivity index (χ3v) is 5.98. The summed E-state index contributed by atoms with van der Waals surface area (Å²) in [7, 11) is -3.71. The van der Waals surface area contributed by atoms with Crippen LogP contribution in [0.2, 0.25) is 0 Å². The Hall–Kier alpha value is -2.86. The molecule has 0 aliphatic heterocycles. The van der Waals surface area contributed by atoms with Gasteiger partial charge in [0.15, 0.2) is 5.82 Å². The maximum Gasteiger partial charge on any atom is 0.269 e. The Kier molecular flexibility index (Phi) is 3.51. The van der Waals surface area contributed by atoms with Gasteiger partial charge < -0.3 is 4.98 Å². The van der Waals surface area contributed by atoms with E-state index in [4.69, 9.17) is 0 Å². The highest BCUT2D eigenvalue weighted by molar-refractivity contribution is 7.90. The van der Waals surface area contributed by atoms with E-state index >= 15 is 0 Å². The summed E-state index contributed by atoms with van der Waals surface area (Å²) >= 11 is 0. The number of H-pyrrole nitrogens is 1. The molecule has 126 valence electrons. The van der Waals surface area contributed by atoms with Crippen molar-refractivity contribution in [3.63, 3.8) is 0 Å². The number of rotatable bonds is 3. The topological polar surface area (TPSA) is 67.8 Å². The fourth-order valence-electron chi connectivity index (χ4n) is 3.05. The molecule has 0 amide bonds. The molecule has 0 unspecified atom stereocenters. The quantitative estimate of drug-likeness (QED) is 0.609. The number of nitrogens with zero attached hydrogens (tertiary/aromatic N) is 2. The van der Waals surface area contributed by atoms with E-state index in [2.05, 4.69) is 9.97 Å². The molecule has 6 heteroatoms. The predicted molar refractivity (Wildman–Crippen MR) is 98.0 cm³/mol. The average Bonchev–Trinajstić information content (AvgIpc) is 3.18. The van der Waals surface area contributed by atoms with Gasteiger partial charge in [-0.15, -0.1) is 0 Å². The summed E-state index contributed by atoms with van der Waals surface area (Å²) in [6, 6.07) is 14.6. The highest BCUT2D eigenvalue weighted by atomic mass is 32.2. The highest BCUT2D eigenvalue weighted by Crippen LogP contribution is 2.32. The molecule has 2 aromatic carbocycles. The molecule has 0 aliphatic carbocycles. The van der Waals surface area contributed by atoms with Gasteiger partial charge in [-0.2, -0.15) is 0 Å². The van der Waals surface area contributed by atoms with E-state index in [-0.39, 0.29) is 4.90 Å². The van der Waals surface area contributed by atoms with Crippen molar-refractivity contribution >= 4 is 20.9 Å². The molecule has 0 aliphatic rings. The Balaban J connectivity index is 1.94. The number of hydrogen-bond donors (Lipinski definition) is 1. The van der Waals surface area contributed by atoms with Crippen molar-refractivity contribution in [1.82, 2.24) is 13.9 Å². The molecule has 2 heterocycles. The number of aryl methyl sites for hydroxylation is 2. The summed E-state index contributed by atoms with van der Waals surface area (Å²) in [5.41, 5.74) is 3.65. The second-order valence-corrected chi connectivity index (χ2v) is 7.85. The van der Waals surface area contributed by atoms with Gasteiger partial charge in [-0.05, 0) is 32.0 Å². The molecule has 0 saturated heterocycles. The number of benzene rings is 2. The van der Waals surface area contributed by atoms with E-state index in [0.29, 0.717) is 5.82 Å². The van der Waals surface area contributed by atoms with Crippen molar-refractivity contribution in [2.24, 2.45) is 0 Å². The van der Waals surface area contributed by atoms with Crippen molar-refractivity contribution in [3.05, 3.63) is 72.2 Å². The lowest BCUT2D eigenvalue weighted by molar-refractivity contribution is 0.588. The third-order valence-electron chi connectivity index (χ3n) is 4.30. The smallest absolute Gasteiger partial charge is 0.269 e. The van der Waals surface area contributed by atoms with Gasteiger partial charge in [0, 0.05) is 34.6 Å². The van der Waals surface area contributed by atoms with E-state index < -0.39 is 10.0 Å². The lowest BCUT2D eigenvalue weighted by atomic mass is 10.1. The molecule has 4 aromatic rings. The maximum atomic E-state index is 13.1. The minimum Gasteiger partial charge on any atom is -0.358 e. The van der Waals surface area contributed by atoms with Crippen LogP contribution in [-0.4, -0.2) is 22.4 Å². The van der Waals surface area contributed by atoms with Crippen molar-refractivity contribution in [2.45, 2.75) is 18.7 Å². The van der Waals surface area contributed by atoms with Crippen LogP contribution in [-0.2, 0) is 10.0 Å². The average molecular weight is 351 g/mol. The second kappa shape index (κ2) is 5.60. The molecule has 2 aromatic heterocycles. The first-order valence-electron chi connectivity index (χ1n) is 7.92. The standard InChI is InChI=1S/C19H17N3O2S/c1-13-7-9-15(10-8-13)25(23,24)22-12-11-20-19(22)18-14(2)21-17-6-4-3-5-16(17)18/h3-12,21H,1-2H3. The Bertz CT molecular complexity index is 1170. The van der Waals surface area contributed by atoms with E-state index in [1.54, 1.807) is 24.3 Å². The first-order chi connectivity index (χ1) is 12.0. The van der Waals surface area contributed by atoms with E-state index in [1.165, 1.54) is 16.4 Å². The molecule has 25 heavy (non-hydrogen) atoms. The molecule has 0 bridgehead atoms. The predicted octanol–water partition coefficient (Wildman–Crippen LogP) is 3.89. The van der Waals surface area contributed by atoms with Crippen molar-refractivity contribution in [3.8, 4) is 11.4 Å². The van der Waals surface area contributed by atoms with Crippen LogP contribution in [0.1, 0.15) is 11.3 Å². The molecule has 0 radical (unpaired) electrons. The number of aromatic nitrogens is 3. The van der Waals surface area contributed by atoms with Crippen molar-refractivity contribution < 1.29 is 8.42 Å². The van der Waals surface area contributed by atoms with Gasteiger partial charge in [0.1, 0.15) is 0 Å². The van der Waals surface area contributed by atoms with Crippen LogP contribution in [0.4, 0.5) is 0 Å². The van der Waals surface area contributed by atoms with E-state index in [1.807, 2.05) is 38.1 Å². The monoisotopic (exact) mass is 351 g/mol. The fourth-order valence-corrected chi connectivity index (χ4v) is 4.34. The highest BCUT2D eigenvalue weighted by Gasteiger charge is 2.23. The first kappa shape index (κ1) is 15.7. The van der Waals surface area contributed by atoms with Gasteiger partial charge in [0.05, 0.1) is 4.90 Å². The number of para-hydroxylation sites is 1.